The zero-order chi connectivity index (χ0) is 30.2. The van der Waals surface area contributed by atoms with Crippen molar-refractivity contribution < 1.29 is 19.8 Å². The summed E-state index contributed by atoms with van der Waals surface area (Å²) in [4.78, 5) is 31.8. The smallest absolute Gasteiger partial charge is 0.244 e. The number of amides is 2. The summed E-state index contributed by atoms with van der Waals surface area (Å²) >= 11 is 3.51. The average molecular weight is 621 g/mol. The molecule has 0 spiro atoms. The van der Waals surface area contributed by atoms with Gasteiger partial charge in [-0.05, 0) is 62.2 Å². The number of aliphatic hydroxyl groups is 2. The van der Waals surface area contributed by atoms with E-state index < -0.39 is 0 Å². The molecular weight excluding hydrogens is 565 g/mol. The first-order valence-corrected chi connectivity index (χ1v) is 18.9. The van der Waals surface area contributed by atoms with Gasteiger partial charge in [0.1, 0.15) is 10.5 Å². The van der Waals surface area contributed by atoms with Crippen LogP contribution in [0.2, 0.25) is 0 Å². The Balaban J connectivity index is 1.84. The molecule has 6 nitrogen and oxygen atoms in total. The molecule has 1 aromatic rings. The van der Waals surface area contributed by atoms with Gasteiger partial charge in [0.25, 0.3) is 0 Å². The molecule has 2 amide bonds. The second-order valence-electron chi connectivity index (χ2n) is 11.8. The number of aliphatic hydroxyl groups excluding tert-OH is 2. The fraction of sp³-hybridized carbons (Fsp3) is 0.765. The van der Waals surface area contributed by atoms with Crippen LogP contribution < -0.4 is 9.80 Å². The Bertz CT molecular complexity index is 884. The summed E-state index contributed by atoms with van der Waals surface area (Å²) in [6, 6.07) is 4.41. The van der Waals surface area contributed by atoms with Gasteiger partial charge >= 0.3 is 0 Å². The van der Waals surface area contributed by atoms with Gasteiger partial charge in [-0.2, -0.15) is 0 Å². The lowest BCUT2D eigenvalue weighted by Crippen LogP contribution is -2.29. The van der Waals surface area contributed by atoms with E-state index >= 15 is 0 Å². The Labute approximate surface area is 263 Å². The maximum absolute atomic E-state index is 13.9. The molecule has 2 N–H and O–H groups in total. The molecule has 0 aromatic heterocycles. The molecule has 2 aliphatic rings. The minimum atomic E-state index is -0.204. The van der Waals surface area contributed by atoms with Gasteiger partial charge in [0.05, 0.1) is 0 Å². The monoisotopic (exact) mass is 620 g/mol. The van der Waals surface area contributed by atoms with Crippen molar-refractivity contribution in [2.75, 3.05) is 47.6 Å². The Morgan fingerprint density at radius 1 is 0.571 bits per heavy atom. The van der Waals surface area contributed by atoms with Gasteiger partial charge in [-0.25, -0.2) is 0 Å². The molecule has 3 rings (SSSR count). The predicted molar refractivity (Wildman–Crippen MR) is 181 cm³/mol. The third-order valence-electron chi connectivity index (χ3n) is 8.45. The number of unbranched alkanes of at least 4 members (excludes halogenated alkanes) is 12. The summed E-state index contributed by atoms with van der Waals surface area (Å²) in [5, 5.41) is 17.8. The molecule has 2 atom stereocenters. The van der Waals surface area contributed by atoms with Gasteiger partial charge in [-0.15, -0.1) is 23.5 Å². The van der Waals surface area contributed by atoms with Crippen LogP contribution in [0.15, 0.2) is 12.1 Å². The minimum Gasteiger partial charge on any atom is -0.396 e. The molecule has 2 heterocycles. The maximum Gasteiger partial charge on any atom is 0.244 e. The zero-order valence-electron chi connectivity index (χ0n) is 26.3. The van der Waals surface area contributed by atoms with Crippen molar-refractivity contribution in [3.8, 4) is 0 Å². The van der Waals surface area contributed by atoms with Crippen molar-refractivity contribution in [2.24, 2.45) is 0 Å². The third-order valence-corrected chi connectivity index (χ3v) is 11.1. The number of nitrogens with zero attached hydrogens (tertiary/aromatic N) is 2. The number of thioether (sulfide) groups is 2. The van der Waals surface area contributed by atoms with Crippen molar-refractivity contribution in [1.82, 2.24) is 0 Å². The lowest BCUT2D eigenvalue weighted by atomic mass is 10.1. The first-order chi connectivity index (χ1) is 20.6. The van der Waals surface area contributed by atoms with Crippen LogP contribution in [-0.4, -0.2) is 59.8 Å². The molecule has 0 saturated carbocycles. The second-order valence-corrected chi connectivity index (χ2v) is 14.3. The summed E-state index contributed by atoms with van der Waals surface area (Å²) < 4.78 is 0. The maximum atomic E-state index is 13.9. The van der Waals surface area contributed by atoms with Crippen LogP contribution in [0.5, 0.6) is 0 Å². The van der Waals surface area contributed by atoms with E-state index in [4.69, 9.17) is 10.2 Å². The number of carbonyl (C=O) groups excluding carboxylic acids is 2. The van der Waals surface area contributed by atoms with Gasteiger partial charge in [-0.3, -0.25) is 9.59 Å². The average Bonchev–Trinajstić information content (AvgIpc) is 3.40. The molecule has 0 fully saturated rings. The highest BCUT2D eigenvalue weighted by Crippen LogP contribution is 2.52. The highest BCUT2D eigenvalue weighted by atomic mass is 32.2. The predicted octanol–water partition coefficient (Wildman–Crippen LogP) is 8.19. The van der Waals surface area contributed by atoms with Crippen molar-refractivity contribution in [1.29, 1.82) is 0 Å². The molecule has 8 heteroatoms. The Hall–Kier alpha value is -1.22. The largest absolute Gasteiger partial charge is 0.396 e. The first kappa shape index (κ1) is 35.3. The SMILES string of the molecule is CCCCCCN1C(=O)C(SCCCCCCO)c2cc3c(cc21)C(SCCCCCCO)C(=O)N3CCCCCC. The van der Waals surface area contributed by atoms with E-state index in [0.29, 0.717) is 0 Å². The highest BCUT2D eigenvalue weighted by molar-refractivity contribution is 8.00. The number of rotatable bonds is 24. The van der Waals surface area contributed by atoms with E-state index in [1.54, 1.807) is 23.5 Å². The molecular formula is C34H56N2O4S2. The number of fused-ring (bicyclic) bond motifs is 2. The van der Waals surface area contributed by atoms with Crippen LogP contribution in [0.3, 0.4) is 0 Å². The molecule has 0 bridgehead atoms. The Morgan fingerprint density at radius 2 is 0.952 bits per heavy atom. The molecule has 1 aromatic carbocycles. The molecule has 2 aliphatic heterocycles. The van der Waals surface area contributed by atoms with Crippen molar-refractivity contribution in [3.05, 3.63) is 23.3 Å². The van der Waals surface area contributed by atoms with E-state index in [1.165, 1.54) is 25.7 Å². The topological polar surface area (TPSA) is 81.1 Å². The number of anilines is 2. The lowest BCUT2D eigenvalue weighted by Gasteiger charge is -2.20. The molecule has 0 saturated heterocycles. The second kappa shape index (κ2) is 19.9. The molecule has 0 aliphatic carbocycles. The normalized spacial score (nSPS) is 17.9. The standard InChI is InChI=1S/C34H56N2O4S2/c1-3-5-7-13-19-35-29-25-28-30(26-27(29)31(33(35)39)41-23-17-11-9-15-21-37)36(20-14-8-6-4-2)34(40)32(28)42-24-18-12-10-16-22-38/h25-26,31-32,37-38H,3-24H2,1-2H3. The Kier molecular flexibility index (Phi) is 16.7. The van der Waals surface area contributed by atoms with Crippen molar-refractivity contribution in [3.63, 3.8) is 0 Å². The summed E-state index contributed by atoms with van der Waals surface area (Å²) in [6.45, 7) is 6.41. The van der Waals surface area contributed by atoms with Crippen LogP contribution in [-0.2, 0) is 9.59 Å². The van der Waals surface area contributed by atoms with Gasteiger partial charge < -0.3 is 20.0 Å². The number of hydrogen-bond acceptors (Lipinski definition) is 6. The van der Waals surface area contributed by atoms with Gasteiger partial charge in [0.2, 0.25) is 11.8 Å². The van der Waals surface area contributed by atoms with E-state index in [0.717, 1.165) is 124 Å². The van der Waals surface area contributed by atoms with E-state index in [2.05, 4.69) is 26.0 Å². The molecule has 0 radical (unpaired) electrons. The van der Waals surface area contributed by atoms with Crippen LogP contribution in [0.4, 0.5) is 11.4 Å². The lowest BCUT2D eigenvalue weighted by molar-refractivity contribution is -0.118. The van der Waals surface area contributed by atoms with Gasteiger partial charge in [0, 0.05) is 48.8 Å². The minimum absolute atomic E-state index is 0.204. The number of benzene rings is 1. The summed E-state index contributed by atoms with van der Waals surface area (Å²) in [5.74, 6) is 2.27. The summed E-state index contributed by atoms with van der Waals surface area (Å²) in [6.07, 6.45) is 16.9. The number of hydrogen-bond donors (Lipinski definition) is 2. The fourth-order valence-corrected chi connectivity index (χ4v) is 8.49. The molecule has 238 valence electrons. The fourth-order valence-electron chi connectivity index (χ4n) is 6.00. The zero-order valence-corrected chi connectivity index (χ0v) is 27.9. The summed E-state index contributed by atoms with van der Waals surface area (Å²) in [7, 11) is 0. The number of carbonyl (C=O) groups is 2. The van der Waals surface area contributed by atoms with Crippen molar-refractivity contribution in [2.45, 2.75) is 127 Å². The van der Waals surface area contributed by atoms with Crippen molar-refractivity contribution >= 4 is 46.7 Å². The van der Waals surface area contributed by atoms with Gasteiger partial charge in [-0.1, -0.05) is 78.1 Å². The Morgan fingerprint density at radius 3 is 1.33 bits per heavy atom. The third kappa shape index (κ3) is 9.90. The highest BCUT2D eigenvalue weighted by Gasteiger charge is 2.43. The first-order valence-electron chi connectivity index (χ1n) is 16.8. The van der Waals surface area contributed by atoms with Gasteiger partial charge in [0.15, 0.2) is 0 Å². The van der Waals surface area contributed by atoms with Crippen LogP contribution >= 0.6 is 23.5 Å². The quantitative estimate of drug-likeness (QED) is 0.113. The molecule has 2 unspecified atom stereocenters. The molecule has 42 heavy (non-hydrogen) atoms. The van der Waals surface area contributed by atoms with Crippen LogP contribution in [0.25, 0.3) is 0 Å². The van der Waals surface area contributed by atoms with E-state index in [9.17, 15) is 9.59 Å². The van der Waals surface area contributed by atoms with Crippen LogP contribution in [0, 0.1) is 0 Å². The van der Waals surface area contributed by atoms with E-state index in [1.807, 2.05) is 9.80 Å². The summed E-state index contributed by atoms with van der Waals surface area (Å²) in [5.41, 5.74) is 4.25. The van der Waals surface area contributed by atoms with Crippen LogP contribution in [0.1, 0.15) is 138 Å². The van der Waals surface area contributed by atoms with E-state index in [-0.39, 0.29) is 35.5 Å².